The highest BCUT2D eigenvalue weighted by Crippen LogP contribution is 2.49. The van der Waals surface area contributed by atoms with Crippen LogP contribution in [0.3, 0.4) is 0 Å². The van der Waals surface area contributed by atoms with Crippen molar-refractivity contribution >= 4 is 40.3 Å². The van der Waals surface area contributed by atoms with Crippen LogP contribution in [0.2, 0.25) is 0 Å². The Morgan fingerprint density at radius 3 is 1.95 bits per heavy atom. The molecule has 0 aliphatic carbocycles. The maximum absolute atomic E-state index is 13.8. The van der Waals surface area contributed by atoms with E-state index in [1.807, 2.05) is 0 Å². The van der Waals surface area contributed by atoms with E-state index in [0.29, 0.717) is 27.7 Å². The molecule has 0 spiro atoms. The second-order valence-electron chi connectivity index (χ2n) is 8.32. The first-order valence-electron chi connectivity index (χ1n) is 10.3. The predicted molar refractivity (Wildman–Crippen MR) is 116 cm³/mol. The summed E-state index contributed by atoms with van der Waals surface area (Å²) in [6, 6.07) is 2.54. The Morgan fingerprint density at radius 1 is 1.03 bits per heavy atom. The molecular formula is C22H23F3O11S. The minimum Gasteiger partial charge on any atom is -0.456 e. The molecule has 1 fully saturated rings. The molecular weight excluding hydrogens is 529 g/mol. The monoisotopic (exact) mass is 552 g/mol. The van der Waals surface area contributed by atoms with Crippen LogP contribution in [-0.4, -0.2) is 90.8 Å². The van der Waals surface area contributed by atoms with Crippen molar-refractivity contribution in [3.8, 4) is 0 Å². The number of carbonyl (C=O) groups excluding carboxylic acids is 5. The van der Waals surface area contributed by atoms with Crippen LogP contribution in [0.25, 0.3) is 0 Å². The SMILES string of the molecule is CC(=O)C(O)[C@@H]1OC(OC(=CC(=O)c2cccs2)C(F)(F)F)[C@@](O)(C(C)=O)[C@](O)(C(C)=O)[C@]1(O)C(C)=O. The van der Waals surface area contributed by atoms with E-state index in [2.05, 4.69) is 4.74 Å². The van der Waals surface area contributed by atoms with E-state index >= 15 is 0 Å². The maximum Gasteiger partial charge on any atom is 0.449 e. The van der Waals surface area contributed by atoms with E-state index in [1.54, 1.807) is 0 Å². The van der Waals surface area contributed by atoms with Crippen LogP contribution in [0.15, 0.2) is 29.3 Å². The lowest BCUT2D eigenvalue weighted by molar-refractivity contribution is -0.371. The largest absolute Gasteiger partial charge is 0.456 e. The Bertz CT molecular complexity index is 1150. The average Bonchev–Trinajstić information content (AvgIpc) is 3.32. The molecule has 2 unspecified atom stereocenters. The molecule has 2 heterocycles. The third-order valence-electron chi connectivity index (χ3n) is 5.95. The summed E-state index contributed by atoms with van der Waals surface area (Å²) in [5.74, 6) is -9.70. The highest BCUT2D eigenvalue weighted by atomic mass is 32.1. The van der Waals surface area contributed by atoms with E-state index in [0.717, 1.165) is 11.3 Å². The molecule has 6 atom stereocenters. The zero-order valence-corrected chi connectivity index (χ0v) is 20.5. The maximum atomic E-state index is 13.8. The first kappa shape index (κ1) is 30.4. The number of thiophene rings is 1. The summed E-state index contributed by atoms with van der Waals surface area (Å²) < 4.78 is 51.2. The molecule has 1 aromatic heterocycles. The zero-order valence-electron chi connectivity index (χ0n) is 19.7. The number of halogens is 3. The van der Waals surface area contributed by atoms with Gasteiger partial charge >= 0.3 is 6.18 Å². The Labute approximate surface area is 211 Å². The number of carbonyl (C=O) groups is 5. The molecule has 204 valence electrons. The summed E-state index contributed by atoms with van der Waals surface area (Å²) in [7, 11) is 0. The van der Waals surface area contributed by atoms with Gasteiger partial charge in [-0.3, -0.25) is 24.0 Å². The number of ketones is 5. The second-order valence-corrected chi connectivity index (χ2v) is 9.27. The molecule has 0 radical (unpaired) electrons. The van der Waals surface area contributed by atoms with Gasteiger partial charge in [-0.25, -0.2) is 0 Å². The number of ether oxygens (including phenoxy) is 2. The standard InChI is InChI=1S/C22H23F3O11S/c1-9(26)16(31)17-19(32,10(2)27)21(34,12(4)29)20(33,11(3)28)18(36-17)35-15(22(23,24)25)8-13(30)14-6-5-7-37-14/h5-8,16-18,31-34H,1-4H3/t16?,17-,18?,19-,20-,21-/m0/s1. The van der Waals surface area contributed by atoms with Crippen molar-refractivity contribution in [3.05, 3.63) is 34.2 Å². The van der Waals surface area contributed by atoms with Crippen LogP contribution in [0.5, 0.6) is 0 Å². The van der Waals surface area contributed by atoms with Crippen molar-refractivity contribution in [2.75, 3.05) is 0 Å². The molecule has 1 saturated heterocycles. The molecule has 15 heteroatoms. The van der Waals surface area contributed by atoms with E-state index in [4.69, 9.17) is 4.74 Å². The number of Topliss-reactive ketones (excluding diaryl/α,β-unsaturated/α-hetero) is 4. The molecule has 1 aliphatic heterocycles. The topological polar surface area (TPSA) is 185 Å². The van der Waals surface area contributed by atoms with Gasteiger partial charge in [-0.1, -0.05) is 6.07 Å². The van der Waals surface area contributed by atoms with Gasteiger partial charge in [0.1, 0.15) is 12.2 Å². The number of hydrogen-bond acceptors (Lipinski definition) is 12. The number of aliphatic hydroxyl groups excluding tert-OH is 1. The molecule has 11 nitrogen and oxygen atoms in total. The summed E-state index contributed by atoms with van der Waals surface area (Å²) in [5, 5.41) is 45.4. The van der Waals surface area contributed by atoms with Crippen LogP contribution in [0, 0.1) is 0 Å². The highest BCUT2D eigenvalue weighted by molar-refractivity contribution is 7.12. The highest BCUT2D eigenvalue weighted by Gasteiger charge is 2.80. The van der Waals surface area contributed by atoms with Crippen LogP contribution in [-0.2, 0) is 28.7 Å². The van der Waals surface area contributed by atoms with Crippen molar-refractivity contribution in [2.45, 2.75) is 69.2 Å². The van der Waals surface area contributed by atoms with Gasteiger partial charge in [-0.2, -0.15) is 13.2 Å². The Balaban J connectivity index is 2.84. The minimum absolute atomic E-state index is 0.0647. The van der Waals surface area contributed by atoms with Gasteiger partial charge in [-0.15, -0.1) is 11.3 Å². The fraction of sp³-hybridized carbons (Fsp3) is 0.500. The van der Waals surface area contributed by atoms with Crippen molar-refractivity contribution in [2.24, 2.45) is 0 Å². The van der Waals surface area contributed by atoms with Gasteiger partial charge in [0.05, 0.1) is 4.88 Å². The third kappa shape index (κ3) is 4.78. The van der Waals surface area contributed by atoms with Crippen LogP contribution < -0.4 is 0 Å². The number of allylic oxidation sites excluding steroid dienone is 2. The van der Waals surface area contributed by atoms with Crippen molar-refractivity contribution in [1.82, 2.24) is 0 Å². The Hall–Kier alpha value is -2.82. The molecule has 0 amide bonds. The van der Waals surface area contributed by atoms with Crippen molar-refractivity contribution in [1.29, 1.82) is 0 Å². The van der Waals surface area contributed by atoms with Gasteiger partial charge < -0.3 is 29.9 Å². The van der Waals surface area contributed by atoms with E-state index in [-0.39, 0.29) is 11.0 Å². The van der Waals surface area contributed by atoms with E-state index < -0.39 is 76.2 Å². The Morgan fingerprint density at radius 2 is 1.57 bits per heavy atom. The first-order chi connectivity index (χ1) is 16.8. The normalized spacial score (nSPS) is 31.4. The Kier molecular flexibility index (Phi) is 8.34. The van der Waals surface area contributed by atoms with Gasteiger partial charge in [0, 0.05) is 6.08 Å². The van der Waals surface area contributed by atoms with Crippen LogP contribution in [0.1, 0.15) is 37.4 Å². The minimum atomic E-state index is -5.49. The first-order valence-corrected chi connectivity index (χ1v) is 11.2. The van der Waals surface area contributed by atoms with Crippen molar-refractivity contribution < 1.29 is 67.0 Å². The third-order valence-corrected chi connectivity index (χ3v) is 6.84. The summed E-state index contributed by atoms with van der Waals surface area (Å²) in [6.45, 7) is 2.20. The van der Waals surface area contributed by atoms with E-state index in [1.165, 1.54) is 17.5 Å². The molecule has 1 aliphatic rings. The second kappa shape index (κ2) is 10.2. The predicted octanol–water partition coefficient (Wildman–Crippen LogP) is 0.0287. The number of aliphatic hydroxyl groups is 4. The number of alkyl halides is 3. The molecule has 2 rings (SSSR count). The van der Waals surface area contributed by atoms with Gasteiger partial charge in [-0.05, 0) is 39.1 Å². The summed E-state index contributed by atoms with van der Waals surface area (Å²) >= 11 is 0.771. The summed E-state index contributed by atoms with van der Waals surface area (Å²) in [6.07, 6.45) is -13.9. The smallest absolute Gasteiger partial charge is 0.449 e. The van der Waals surface area contributed by atoms with Gasteiger partial charge in [0.15, 0.2) is 34.5 Å². The molecule has 0 saturated carbocycles. The van der Waals surface area contributed by atoms with Gasteiger partial charge in [0.2, 0.25) is 23.3 Å². The lowest BCUT2D eigenvalue weighted by Crippen LogP contribution is -2.87. The molecule has 4 N–H and O–H groups in total. The summed E-state index contributed by atoms with van der Waals surface area (Å²) in [4.78, 5) is 61.7. The zero-order chi connectivity index (χ0) is 28.7. The van der Waals surface area contributed by atoms with Gasteiger partial charge in [0.25, 0.3) is 0 Å². The average molecular weight is 552 g/mol. The number of rotatable bonds is 9. The lowest BCUT2D eigenvalue weighted by Gasteiger charge is -2.57. The van der Waals surface area contributed by atoms with Crippen molar-refractivity contribution in [3.63, 3.8) is 0 Å². The van der Waals surface area contributed by atoms with Crippen LogP contribution in [0.4, 0.5) is 13.2 Å². The molecule has 0 aromatic carbocycles. The lowest BCUT2D eigenvalue weighted by atomic mass is 9.60. The van der Waals surface area contributed by atoms with Crippen LogP contribution >= 0.6 is 11.3 Å². The molecule has 1 aromatic rings. The molecule has 37 heavy (non-hydrogen) atoms. The fourth-order valence-corrected chi connectivity index (χ4v) is 4.58. The van der Waals surface area contributed by atoms with E-state index in [9.17, 15) is 57.6 Å². The fourth-order valence-electron chi connectivity index (χ4n) is 3.95. The quantitative estimate of drug-likeness (QED) is 0.184. The summed E-state index contributed by atoms with van der Waals surface area (Å²) in [5.41, 5.74) is -11.7. The molecule has 0 bridgehead atoms. The number of hydrogen-bond donors (Lipinski definition) is 4.